The van der Waals surface area contributed by atoms with Gasteiger partial charge in [0.05, 0.1) is 7.11 Å². The molecule has 7 heteroatoms. The van der Waals surface area contributed by atoms with E-state index in [-0.39, 0.29) is 22.5 Å². The number of ether oxygens (including phenoxy) is 1. The van der Waals surface area contributed by atoms with E-state index in [9.17, 15) is 14.7 Å². The van der Waals surface area contributed by atoms with Crippen LogP contribution in [0.2, 0.25) is 5.02 Å². The number of carbonyl (C=O) groups is 2. The summed E-state index contributed by atoms with van der Waals surface area (Å²) < 4.78 is 4.65. The maximum atomic E-state index is 12.3. The molecule has 108 valence electrons. The van der Waals surface area contributed by atoms with Crippen LogP contribution < -0.4 is 5.32 Å². The number of rotatable bonds is 5. The van der Waals surface area contributed by atoms with Gasteiger partial charge in [0.2, 0.25) is 5.88 Å². The van der Waals surface area contributed by atoms with Crippen molar-refractivity contribution in [2.75, 3.05) is 7.11 Å². The predicted molar refractivity (Wildman–Crippen MR) is 71.8 cm³/mol. The molecule has 0 bridgehead atoms. The number of nitrogens with one attached hydrogen (secondary N) is 1. The number of nitrogens with zero attached hydrogens (tertiary/aromatic N) is 1. The average molecular weight is 299 g/mol. The van der Waals surface area contributed by atoms with E-state index < -0.39 is 17.8 Å². The molecule has 1 saturated carbocycles. The topological polar surface area (TPSA) is 88.5 Å². The Labute approximate surface area is 121 Å². The van der Waals surface area contributed by atoms with E-state index >= 15 is 0 Å². The molecule has 0 amide bonds. The second kappa shape index (κ2) is 6.19. The molecule has 1 aromatic heterocycles. The average Bonchev–Trinajstić information content (AvgIpc) is 2.39. The monoisotopic (exact) mass is 298 g/mol. The molecule has 1 heterocycles. The number of hydrogen-bond acceptors (Lipinski definition) is 6. The SMILES string of the molecule is COC(=O)C(NC1CCC1)C(=O)c1cnc(O)c(Cl)c1. The number of esters is 1. The van der Waals surface area contributed by atoms with Gasteiger partial charge in [-0.25, -0.2) is 9.78 Å². The highest BCUT2D eigenvalue weighted by atomic mass is 35.5. The van der Waals surface area contributed by atoms with Crippen molar-refractivity contribution < 1.29 is 19.4 Å². The first-order valence-electron chi connectivity index (χ1n) is 6.25. The van der Waals surface area contributed by atoms with Crippen molar-refractivity contribution in [1.29, 1.82) is 0 Å². The van der Waals surface area contributed by atoms with Crippen molar-refractivity contribution in [2.45, 2.75) is 31.3 Å². The quantitative estimate of drug-likeness (QED) is 0.484. The van der Waals surface area contributed by atoms with Gasteiger partial charge in [0, 0.05) is 17.8 Å². The van der Waals surface area contributed by atoms with Crippen molar-refractivity contribution in [3.05, 3.63) is 22.8 Å². The van der Waals surface area contributed by atoms with Crippen LogP contribution in [0.1, 0.15) is 29.6 Å². The van der Waals surface area contributed by atoms with Gasteiger partial charge in [-0.2, -0.15) is 0 Å². The van der Waals surface area contributed by atoms with Crippen molar-refractivity contribution in [2.24, 2.45) is 0 Å². The summed E-state index contributed by atoms with van der Waals surface area (Å²) in [5.74, 6) is -1.48. The maximum Gasteiger partial charge on any atom is 0.331 e. The molecule has 6 nitrogen and oxygen atoms in total. The Balaban J connectivity index is 2.19. The standard InChI is InChI=1S/C13H15ClN2O4/c1-20-13(19)10(16-8-3-2-4-8)11(17)7-5-9(14)12(18)15-6-7/h5-6,8,10,16H,2-4H2,1H3,(H,15,18). The van der Waals surface area contributed by atoms with E-state index in [0.29, 0.717) is 0 Å². The van der Waals surface area contributed by atoms with Crippen LogP contribution in [0.5, 0.6) is 5.88 Å². The van der Waals surface area contributed by atoms with Gasteiger partial charge in [0.25, 0.3) is 0 Å². The van der Waals surface area contributed by atoms with E-state index in [1.54, 1.807) is 0 Å². The summed E-state index contributed by atoms with van der Waals surface area (Å²) >= 11 is 5.72. The lowest BCUT2D eigenvalue weighted by Crippen LogP contribution is -2.51. The van der Waals surface area contributed by atoms with Crippen LogP contribution in [0.3, 0.4) is 0 Å². The Morgan fingerprint density at radius 3 is 2.75 bits per heavy atom. The third kappa shape index (κ3) is 3.08. The molecule has 1 aromatic rings. The van der Waals surface area contributed by atoms with Crippen LogP contribution >= 0.6 is 11.6 Å². The molecule has 1 unspecified atom stereocenters. The van der Waals surface area contributed by atoms with Crippen LogP contribution in [-0.4, -0.2) is 41.0 Å². The van der Waals surface area contributed by atoms with Crippen LogP contribution in [0, 0.1) is 0 Å². The van der Waals surface area contributed by atoms with Crippen molar-refractivity contribution in [3.63, 3.8) is 0 Å². The van der Waals surface area contributed by atoms with Gasteiger partial charge in [0.15, 0.2) is 11.8 Å². The smallest absolute Gasteiger partial charge is 0.331 e. The molecule has 0 radical (unpaired) electrons. The zero-order valence-corrected chi connectivity index (χ0v) is 11.7. The normalized spacial score (nSPS) is 16.3. The van der Waals surface area contributed by atoms with E-state index in [0.717, 1.165) is 19.3 Å². The zero-order chi connectivity index (χ0) is 14.7. The largest absolute Gasteiger partial charge is 0.492 e. The van der Waals surface area contributed by atoms with E-state index in [2.05, 4.69) is 15.0 Å². The van der Waals surface area contributed by atoms with E-state index in [4.69, 9.17) is 11.6 Å². The summed E-state index contributed by atoms with van der Waals surface area (Å²) in [7, 11) is 1.23. The molecule has 1 atom stereocenters. The van der Waals surface area contributed by atoms with Crippen LogP contribution in [-0.2, 0) is 9.53 Å². The second-order valence-corrected chi connectivity index (χ2v) is 5.05. The highest BCUT2D eigenvalue weighted by Crippen LogP contribution is 2.23. The first-order valence-corrected chi connectivity index (χ1v) is 6.63. The third-order valence-corrected chi connectivity index (χ3v) is 3.59. The third-order valence-electron chi connectivity index (χ3n) is 3.31. The van der Waals surface area contributed by atoms with Crippen LogP contribution in [0.4, 0.5) is 0 Å². The van der Waals surface area contributed by atoms with Crippen LogP contribution in [0.25, 0.3) is 0 Å². The summed E-state index contributed by atoms with van der Waals surface area (Å²) in [6, 6.07) is 0.348. The van der Waals surface area contributed by atoms with E-state index in [1.807, 2.05) is 0 Å². The minimum Gasteiger partial charge on any atom is -0.492 e. The number of pyridine rings is 1. The van der Waals surface area contributed by atoms with Gasteiger partial charge in [-0.1, -0.05) is 18.0 Å². The van der Waals surface area contributed by atoms with Gasteiger partial charge in [0.1, 0.15) is 5.02 Å². The minimum absolute atomic E-state index is 0.0388. The fourth-order valence-corrected chi connectivity index (χ4v) is 2.08. The Morgan fingerprint density at radius 1 is 1.55 bits per heavy atom. The van der Waals surface area contributed by atoms with Gasteiger partial charge in [-0.05, 0) is 18.9 Å². The van der Waals surface area contributed by atoms with Crippen molar-refractivity contribution >= 4 is 23.4 Å². The number of methoxy groups -OCH3 is 1. The molecule has 1 aliphatic rings. The summed E-state index contributed by atoms with van der Waals surface area (Å²) in [6.45, 7) is 0. The lowest BCUT2D eigenvalue weighted by molar-refractivity contribution is -0.142. The molecular weight excluding hydrogens is 284 g/mol. The highest BCUT2D eigenvalue weighted by Gasteiger charge is 2.33. The molecular formula is C13H15ClN2O4. The van der Waals surface area contributed by atoms with Crippen LogP contribution in [0.15, 0.2) is 12.3 Å². The van der Waals surface area contributed by atoms with Gasteiger partial charge in [-0.3, -0.25) is 10.1 Å². The molecule has 1 aliphatic carbocycles. The van der Waals surface area contributed by atoms with E-state index in [1.165, 1.54) is 19.4 Å². The molecule has 0 aromatic carbocycles. The number of aromatic nitrogens is 1. The predicted octanol–water partition coefficient (Wildman–Crippen LogP) is 1.31. The summed E-state index contributed by atoms with van der Waals surface area (Å²) in [5.41, 5.74) is 0.148. The lowest BCUT2D eigenvalue weighted by atomic mass is 9.91. The Kier molecular flexibility index (Phi) is 4.57. The summed E-state index contributed by atoms with van der Waals surface area (Å²) in [5, 5.41) is 12.2. The molecule has 0 saturated heterocycles. The Hall–Kier alpha value is -1.66. The molecule has 0 spiro atoms. The maximum absolute atomic E-state index is 12.3. The molecule has 2 rings (SSSR count). The Bertz CT molecular complexity index is 531. The van der Waals surface area contributed by atoms with Gasteiger partial charge < -0.3 is 9.84 Å². The van der Waals surface area contributed by atoms with Crippen molar-refractivity contribution in [3.8, 4) is 5.88 Å². The first kappa shape index (κ1) is 14.7. The summed E-state index contributed by atoms with van der Waals surface area (Å²) in [4.78, 5) is 27.7. The summed E-state index contributed by atoms with van der Waals surface area (Å²) in [6.07, 6.45) is 4.11. The second-order valence-electron chi connectivity index (χ2n) is 4.64. The minimum atomic E-state index is -1.08. The molecule has 1 fully saturated rings. The Morgan fingerprint density at radius 2 is 2.25 bits per heavy atom. The number of halogens is 1. The zero-order valence-electron chi connectivity index (χ0n) is 10.9. The van der Waals surface area contributed by atoms with Gasteiger partial charge in [-0.15, -0.1) is 0 Å². The number of hydrogen-bond donors (Lipinski definition) is 2. The molecule has 2 N–H and O–H groups in total. The lowest BCUT2D eigenvalue weighted by Gasteiger charge is -2.29. The number of Topliss-reactive ketones (excluding diaryl/α,β-unsaturated/α-hetero) is 1. The fourth-order valence-electron chi connectivity index (χ4n) is 1.91. The number of ketones is 1. The van der Waals surface area contributed by atoms with Gasteiger partial charge >= 0.3 is 5.97 Å². The molecule has 0 aliphatic heterocycles. The molecule has 20 heavy (non-hydrogen) atoms. The number of aromatic hydroxyl groups is 1. The highest BCUT2D eigenvalue weighted by molar-refractivity contribution is 6.32. The fraction of sp³-hybridized carbons (Fsp3) is 0.462. The number of carbonyl (C=O) groups excluding carboxylic acids is 2. The first-order chi connectivity index (χ1) is 9.52. The van der Waals surface area contributed by atoms with Crippen molar-refractivity contribution in [1.82, 2.24) is 10.3 Å².